The van der Waals surface area contributed by atoms with Crippen LogP contribution < -0.4 is 20.3 Å². The third-order valence-corrected chi connectivity index (χ3v) is 3.45. The van der Waals surface area contributed by atoms with Crippen molar-refractivity contribution in [2.75, 3.05) is 14.2 Å². The molecule has 1 atom stereocenters. The number of hydrogen-bond donors (Lipinski definition) is 1. The highest BCUT2D eigenvalue weighted by Gasteiger charge is 2.17. The van der Waals surface area contributed by atoms with Crippen LogP contribution in [0.3, 0.4) is 0 Å². The summed E-state index contributed by atoms with van der Waals surface area (Å²) in [5.74, 6) is 0.917. The van der Waals surface area contributed by atoms with Gasteiger partial charge in [0.05, 0.1) is 20.3 Å². The summed E-state index contributed by atoms with van der Waals surface area (Å²) in [6.07, 6.45) is 0. The monoisotopic (exact) mass is 317 g/mol. The molecule has 23 heavy (non-hydrogen) atoms. The molecule has 2 aromatic rings. The zero-order valence-electron chi connectivity index (χ0n) is 13.5. The zero-order chi connectivity index (χ0) is 17.0. The Balaban J connectivity index is 2.21. The molecule has 1 aromatic heterocycles. The summed E-state index contributed by atoms with van der Waals surface area (Å²) < 4.78 is 11.6. The third-order valence-electron chi connectivity index (χ3n) is 3.45. The van der Waals surface area contributed by atoms with E-state index in [4.69, 9.17) is 9.47 Å². The van der Waals surface area contributed by atoms with Crippen molar-refractivity contribution in [2.45, 2.75) is 13.0 Å². The number of nitrogens with zero attached hydrogens (tertiary/aromatic N) is 2. The minimum absolute atomic E-state index is 0.173. The number of carbonyl (C=O) groups is 1. The maximum Gasteiger partial charge on any atom is 0.272 e. The van der Waals surface area contributed by atoms with Crippen molar-refractivity contribution in [1.82, 2.24) is 15.1 Å². The van der Waals surface area contributed by atoms with Crippen molar-refractivity contribution < 1.29 is 14.3 Å². The van der Waals surface area contributed by atoms with Crippen LogP contribution in [-0.2, 0) is 7.05 Å². The third kappa shape index (κ3) is 3.68. The van der Waals surface area contributed by atoms with Gasteiger partial charge in [-0.2, -0.15) is 5.10 Å². The second-order valence-electron chi connectivity index (χ2n) is 4.98. The van der Waals surface area contributed by atoms with E-state index in [1.54, 1.807) is 26.4 Å². The number of carbonyl (C=O) groups excluding carboxylic acids is 1. The quantitative estimate of drug-likeness (QED) is 0.898. The first kappa shape index (κ1) is 16.5. The van der Waals surface area contributed by atoms with Crippen LogP contribution in [0.2, 0.25) is 0 Å². The minimum atomic E-state index is -0.369. The van der Waals surface area contributed by atoms with Crippen LogP contribution in [0.1, 0.15) is 29.0 Å². The van der Waals surface area contributed by atoms with Crippen LogP contribution in [0.15, 0.2) is 35.1 Å². The number of aromatic nitrogens is 2. The molecule has 2 rings (SSSR count). The molecule has 0 radical (unpaired) electrons. The van der Waals surface area contributed by atoms with E-state index in [-0.39, 0.29) is 23.2 Å². The van der Waals surface area contributed by atoms with Crippen LogP contribution in [0.4, 0.5) is 0 Å². The second-order valence-corrected chi connectivity index (χ2v) is 4.98. The SMILES string of the molecule is COc1ccc(C(C)NC(=O)c2ccc(=O)n(C)n2)c(OC)c1. The molecule has 0 bridgehead atoms. The van der Waals surface area contributed by atoms with E-state index < -0.39 is 0 Å². The maximum absolute atomic E-state index is 12.3. The van der Waals surface area contributed by atoms with E-state index >= 15 is 0 Å². The Morgan fingerprint density at radius 1 is 1.22 bits per heavy atom. The van der Waals surface area contributed by atoms with Gasteiger partial charge in [0.2, 0.25) is 0 Å². The van der Waals surface area contributed by atoms with Gasteiger partial charge in [-0.15, -0.1) is 0 Å². The average Bonchev–Trinajstić information content (AvgIpc) is 2.56. The van der Waals surface area contributed by atoms with E-state index in [1.165, 1.54) is 19.2 Å². The predicted molar refractivity (Wildman–Crippen MR) is 84.9 cm³/mol. The van der Waals surface area contributed by atoms with Gasteiger partial charge in [-0.25, -0.2) is 4.68 Å². The molecule has 0 saturated heterocycles. The number of hydrogen-bond acceptors (Lipinski definition) is 5. The van der Waals surface area contributed by atoms with Gasteiger partial charge in [-0.1, -0.05) is 0 Å². The van der Waals surface area contributed by atoms with Crippen molar-refractivity contribution in [1.29, 1.82) is 0 Å². The average molecular weight is 317 g/mol. The van der Waals surface area contributed by atoms with Gasteiger partial charge in [-0.05, 0) is 25.1 Å². The summed E-state index contributed by atoms with van der Waals surface area (Å²) in [4.78, 5) is 23.6. The molecule has 7 heteroatoms. The fourth-order valence-corrected chi connectivity index (χ4v) is 2.15. The van der Waals surface area contributed by atoms with Gasteiger partial charge in [-0.3, -0.25) is 9.59 Å². The van der Waals surface area contributed by atoms with Crippen LogP contribution in [-0.4, -0.2) is 29.9 Å². The number of nitrogens with one attached hydrogen (secondary N) is 1. The molecular formula is C16H19N3O4. The number of benzene rings is 1. The molecule has 1 amide bonds. The highest BCUT2D eigenvalue weighted by molar-refractivity contribution is 5.92. The highest BCUT2D eigenvalue weighted by Crippen LogP contribution is 2.29. The molecule has 1 aromatic carbocycles. The van der Waals surface area contributed by atoms with Crippen molar-refractivity contribution in [3.05, 3.63) is 51.9 Å². The lowest BCUT2D eigenvalue weighted by Crippen LogP contribution is -2.30. The summed E-state index contributed by atoms with van der Waals surface area (Å²) >= 11 is 0. The number of ether oxygens (including phenoxy) is 2. The molecule has 1 N–H and O–H groups in total. The van der Waals surface area contributed by atoms with Crippen molar-refractivity contribution in [2.24, 2.45) is 7.05 Å². The van der Waals surface area contributed by atoms with Crippen molar-refractivity contribution >= 4 is 5.91 Å². The molecule has 0 aliphatic carbocycles. The smallest absolute Gasteiger partial charge is 0.272 e. The van der Waals surface area contributed by atoms with Gasteiger partial charge < -0.3 is 14.8 Å². The van der Waals surface area contributed by atoms with E-state index in [1.807, 2.05) is 13.0 Å². The summed E-state index contributed by atoms with van der Waals surface area (Å²) in [5, 5.41) is 6.76. The van der Waals surface area contributed by atoms with E-state index in [0.29, 0.717) is 11.5 Å². The standard InChI is InChI=1S/C16H19N3O4/c1-10(12-6-5-11(22-3)9-14(12)23-4)17-16(21)13-7-8-15(20)19(2)18-13/h5-10H,1-4H3,(H,17,21). The number of methoxy groups -OCH3 is 2. The number of aryl methyl sites for hydroxylation is 1. The Kier molecular flexibility index (Phi) is 5.00. The normalized spacial score (nSPS) is 11.7. The Morgan fingerprint density at radius 2 is 1.96 bits per heavy atom. The molecule has 7 nitrogen and oxygen atoms in total. The Hall–Kier alpha value is -2.83. The first-order valence-electron chi connectivity index (χ1n) is 7.03. The van der Waals surface area contributed by atoms with Crippen LogP contribution >= 0.6 is 0 Å². The fourth-order valence-electron chi connectivity index (χ4n) is 2.15. The van der Waals surface area contributed by atoms with Crippen LogP contribution in [0.25, 0.3) is 0 Å². The first-order valence-corrected chi connectivity index (χ1v) is 7.03. The minimum Gasteiger partial charge on any atom is -0.497 e. The predicted octanol–water partition coefficient (Wildman–Crippen LogP) is 1.29. The molecule has 0 saturated carbocycles. The second kappa shape index (κ2) is 6.95. The molecule has 0 aliphatic rings. The molecule has 1 unspecified atom stereocenters. The summed E-state index contributed by atoms with van der Waals surface area (Å²) in [5.41, 5.74) is 0.712. The first-order chi connectivity index (χ1) is 11.0. The lowest BCUT2D eigenvalue weighted by Gasteiger charge is -2.18. The summed E-state index contributed by atoms with van der Waals surface area (Å²) in [6.45, 7) is 1.84. The Bertz CT molecular complexity index is 770. The van der Waals surface area contributed by atoms with Gasteiger partial charge in [0, 0.05) is 24.7 Å². The maximum atomic E-state index is 12.3. The van der Waals surface area contributed by atoms with Crippen molar-refractivity contribution in [3.8, 4) is 11.5 Å². The molecule has 0 fully saturated rings. The number of amides is 1. The summed E-state index contributed by atoms with van der Waals surface area (Å²) in [7, 11) is 4.63. The molecule has 1 heterocycles. The molecule has 122 valence electrons. The molecule has 0 spiro atoms. The van der Waals surface area contributed by atoms with Crippen molar-refractivity contribution in [3.63, 3.8) is 0 Å². The fraction of sp³-hybridized carbons (Fsp3) is 0.312. The topological polar surface area (TPSA) is 82.5 Å². The lowest BCUT2D eigenvalue weighted by atomic mass is 10.1. The Labute approximate surface area is 133 Å². The number of rotatable bonds is 5. The van der Waals surface area contributed by atoms with Gasteiger partial charge in [0.25, 0.3) is 11.5 Å². The highest BCUT2D eigenvalue weighted by atomic mass is 16.5. The van der Waals surface area contributed by atoms with Gasteiger partial charge >= 0.3 is 0 Å². The lowest BCUT2D eigenvalue weighted by molar-refractivity contribution is 0.0932. The van der Waals surface area contributed by atoms with Gasteiger partial charge in [0.1, 0.15) is 17.2 Å². The largest absolute Gasteiger partial charge is 0.497 e. The van der Waals surface area contributed by atoms with Crippen LogP contribution in [0, 0.1) is 0 Å². The Morgan fingerprint density at radius 3 is 2.57 bits per heavy atom. The van der Waals surface area contributed by atoms with Gasteiger partial charge in [0.15, 0.2) is 0 Å². The summed E-state index contributed by atoms with van der Waals surface area (Å²) in [6, 6.07) is 7.78. The van der Waals surface area contributed by atoms with Crippen LogP contribution in [0.5, 0.6) is 11.5 Å². The van der Waals surface area contributed by atoms with E-state index in [0.717, 1.165) is 10.2 Å². The zero-order valence-corrected chi connectivity index (χ0v) is 13.5. The van der Waals surface area contributed by atoms with E-state index in [9.17, 15) is 9.59 Å². The van der Waals surface area contributed by atoms with E-state index in [2.05, 4.69) is 10.4 Å². The molecule has 0 aliphatic heterocycles. The molecular weight excluding hydrogens is 298 g/mol.